The number of hydrogen-bond acceptors (Lipinski definition) is 2. The summed E-state index contributed by atoms with van der Waals surface area (Å²) in [6, 6.07) is 7.77. The number of aliphatic hydroxyl groups excluding tert-OH is 1. The molecule has 1 rings (SSSR count). The Bertz CT molecular complexity index is 429. The van der Waals surface area contributed by atoms with Gasteiger partial charge in [0.05, 0.1) is 0 Å². The predicted molar refractivity (Wildman–Crippen MR) is 67.4 cm³/mol. The third-order valence-corrected chi connectivity index (χ3v) is 2.25. The Morgan fingerprint density at radius 1 is 1.41 bits per heavy atom. The van der Waals surface area contributed by atoms with Crippen LogP contribution in [0.4, 0.5) is 0 Å². The normalized spacial score (nSPS) is 9.29. The van der Waals surface area contributed by atoms with E-state index in [0.717, 1.165) is 11.1 Å². The quantitative estimate of drug-likeness (QED) is 0.602. The van der Waals surface area contributed by atoms with Gasteiger partial charge < -0.3 is 10.4 Å². The fourth-order valence-corrected chi connectivity index (χ4v) is 1.44. The first-order chi connectivity index (χ1) is 8.24. The zero-order valence-electron chi connectivity index (χ0n) is 9.99. The number of benzene rings is 1. The molecule has 0 radical (unpaired) electrons. The summed E-state index contributed by atoms with van der Waals surface area (Å²) in [6.07, 6.45) is 1.25. The molecular formula is C14H17NO2. The minimum Gasteiger partial charge on any atom is -0.396 e. The van der Waals surface area contributed by atoms with E-state index in [2.05, 4.69) is 17.2 Å². The first-order valence-electron chi connectivity index (χ1n) is 5.66. The third-order valence-electron chi connectivity index (χ3n) is 2.25. The SMILES string of the molecule is CC(=O)NCCC#Cc1ccccc1CCO. The summed E-state index contributed by atoms with van der Waals surface area (Å²) in [5, 5.41) is 11.6. The molecule has 17 heavy (non-hydrogen) atoms. The largest absolute Gasteiger partial charge is 0.396 e. The summed E-state index contributed by atoms with van der Waals surface area (Å²) in [4.78, 5) is 10.6. The highest BCUT2D eigenvalue weighted by atomic mass is 16.2. The lowest BCUT2D eigenvalue weighted by Crippen LogP contribution is -2.20. The molecule has 0 saturated carbocycles. The summed E-state index contributed by atoms with van der Waals surface area (Å²) >= 11 is 0. The molecule has 1 aromatic carbocycles. The van der Waals surface area contributed by atoms with Crippen molar-refractivity contribution in [2.24, 2.45) is 0 Å². The number of aliphatic hydroxyl groups is 1. The van der Waals surface area contributed by atoms with Gasteiger partial charge in [0.25, 0.3) is 0 Å². The van der Waals surface area contributed by atoms with Crippen LogP contribution in [-0.4, -0.2) is 24.2 Å². The van der Waals surface area contributed by atoms with Crippen molar-refractivity contribution in [1.82, 2.24) is 5.32 Å². The van der Waals surface area contributed by atoms with Crippen LogP contribution in [0, 0.1) is 11.8 Å². The van der Waals surface area contributed by atoms with Gasteiger partial charge in [0, 0.05) is 32.1 Å². The molecule has 0 fully saturated rings. The van der Waals surface area contributed by atoms with Gasteiger partial charge in [0.1, 0.15) is 0 Å². The van der Waals surface area contributed by atoms with Crippen LogP contribution in [0.1, 0.15) is 24.5 Å². The Hall–Kier alpha value is -1.79. The maximum absolute atomic E-state index is 10.6. The number of nitrogens with one attached hydrogen (secondary N) is 1. The number of amides is 1. The zero-order valence-corrected chi connectivity index (χ0v) is 9.99. The van der Waals surface area contributed by atoms with E-state index in [4.69, 9.17) is 5.11 Å². The summed E-state index contributed by atoms with van der Waals surface area (Å²) in [5.74, 6) is 6.03. The molecule has 3 nitrogen and oxygen atoms in total. The Kier molecular flexibility index (Phi) is 5.84. The molecule has 0 heterocycles. The van der Waals surface area contributed by atoms with Gasteiger partial charge in [-0.3, -0.25) is 4.79 Å². The second-order valence-electron chi connectivity index (χ2n) is 3.67. The molecule has 0 aliphatic heterocycles. The van der Waals surface area contributed by atoms with Crippen LogP contribution in [-0.2, 0) is 11.2 Å². The van der Waals surface area contributed by atoms with Gasteiger partial charge in [-0.15, -0.1) is 0 Å². The Balaban J connectivity index is 2.55. The van der Waals surface area contributed by atoms with Crippen molar-refractivity contribution in [3.8, 4) is 11.8 Å². The zero-order chi connectivity index (χ0) is 12.5. The van der Waals surface area contributed by atoms with Crippen molar-refractivity contribution in [2.75, 3.05) is 13.2 Å². The molecule has 0 aromatic heterocycles. The van der Waals surface area contributed by atoms with Crippen molar-refractivity contribution < 1.29 is 9.90 Å². The molecule has 0 saturated heterocycles. The average Bonchev–Trinajstić information content (AvgIpc) is 2.31. The van der Waals surface area contributed by atoms with Gasteiger partial charge in [0.2, 0.25) is 5.91 Å². The maximum atomic E-state index is 10.6. The van der Waals surface area contributed by atoms with Crippen molar-refractivity contribution in [3.63, 3.8) is 0 Å². The minimum absolute atomic E-state index is 0.0347. The van der Waals surface area contributed by atoms with E-state index >= 15 is 0 Å². The van der Waals surface area contributed by atoms with E-state index in [0.29, 0.717) is 19.4 Å². The summed E-state index contributed by atoms with van der Waals surface area (Å²) in [7, 11) is 0. The highest BCUT2D eigenvalue weighted by Gasteiger charge is 1.96. The summed E-state index contributed by atoms with van der Waals surface area (Å²) in [5.41, 5.74) is 2.01. The average molecular weight is 231 g/mol. The van der Waals surface area contributed by atoms with Crippen molar-refractivity contribution in [1.29, 1.82) is 0 Å². The van der Waals surface area contributed by atoms with E-state index in [1.807, 2.05) is 24.3 Å². The lowest BCUT2D eigenvalue weighted by molar-refractivity contribution is -0.118. The van der Waals surface area contributed by atoms with Crippen LogP contribution in [0.25, 0.3) is 0 Å². The fraction of sp³-hybridized carbons (Fsp3) is 0.357. The fourth-order valence-electron chi connectivity index (χ4n) is 1.44. The van der Waals surface area contributed by atoms with Crippen LogP contribution < -0.4 is 5.32 Å². The predicted octanol–water partition coefficient (Wildman–Crippen LogP) is 1.10. The number of rotatable bonds is 4. The van der Waals surface area contributed by atoms with Gasteiger partial charge in [-0.05, 0) is 18.1 Å². The van der Waals surface area contributed by atoms with Crippen molar-refractivity contribution in [2.45, 2.75) is 19.8 Å². The molecule has 1 amide bonds. The molecular weight excluding hydrogens is 214 g/mol. The van der Waals surface area contributed by atoms with Crippen LogP contribution in [0.5, 0.6) is 0 Å². The minimum atomic E-state index is -0.0347. The Morgan fingerprint density at radius 2 is 2.18 bits per heavy atom. The highest BCUT2D eigenvalue weighted by molar-refractivity contribution is 5.72. The molecule has 2 N–H and O–H groups in total. The molecule has 0 bridgehead atoms. The van der Waals surface area contributed by atoms with Crippen LogP contribution in [0.3, 0.4) is 0 Å². The van der Waals surface area contributed by atoms with Crippen LogP contribution in [0.15, 0.2) is 24.3 Å². The first kappa shape index (κ1) is 13.3. The third kappa shape index (κ3) is 5.19. The second kappa shape index (κ2) is 7.48. The van der Waals surface area contributed by atoms with E-state index in [-0.39, 0.29) is 12.5 Å². The molecule has 1 aromatic rings. The first-order valence-corrected chi connectivity index (χ1v) is 5.66. The highest BCUT2D eigenvalue weighted by Crippen LogP contribution is 2.07. The van der Waals surface area contributed by atoms with Crippen LogP contribution in [0.2, 0.25) is 0 Å². The smallest absolute Gasteiger partial charge is 0.216 e. The van der Waals surface area contributed by atoms with Crippen LogP contribution >= 0.6 is 0 Å². The topological polar surface area (TPSA) is 49.3 Å². The van der Waals surface area contributed by atoms with E-state index in [1.54, 1.807) is 0 Å². The molecule has 0 aliphatic carbocycles. The molecule has 0 unspecified atom stereocenters. The number of hydrogen-bond donors (Lipinski definition) is 2. The molecule has 0 aliphatic rings. The van der Waals surface area contributed by atoms with E-state index < -0.39 is 0 Å². The van der Waals surface area contributed by atoms with E-state index in [9.17, 15) is 4.79 Å². The van der Waals surface area contributed by atoms with Crippen molar-refractivity contribution in [3.05, 3.63) is 35.4 Å². The van der Waals surface area contributed by atoms with E-state index in [1.165, 1.54) is 6.92 Å². The number of carbonyl (C=O) groups excluding carboxylic acids is 1. The summed E-state index contributed by atoms with van der Waals surface area (Å²) in [6.45, 7) is 2.19. The van der Waals surface area contributed by atoms with Gasteiger partial charge in [-0.1, -0.05) is 30.0 Å². The van der Waals surface area contributed by atoms with Crippen molar-refractivity contribution >= 4 is 5.91 Å². The molecule has 3 heteroatoms. The lowest BCUT2D eigenvalue weighted by atomic mass is 10.1. The molecule has 0 atom stereocenters. The van der Waals surface area contributed by atoms with Gasteiger partial charge in [-0.25, -0.2) is 0 Å². The summed E-state index contributed by atoms with van der Waals surface area (Å²) < 4.78 is 0. The lowest BCUT2D eigenvalue weighted by Gasteiger charge is -2.01. The Labute approximate surface area is 102 Å². The molecule has 0 spiro atoms. The van der Waals surface area contributed by atoms with Gasteiger partial charge in [-0.2, -0.15) is 0 Å². The molecule has 90 valence electrons. The monoisotopic (exact) mass is 231 g/mol. The Morgan fingerprint density at radius 3 is 2.88 bits per heavy atom. The standard InChI is InChI=1S/C14H17NO2/c1-12(17)15-10-5-4-8-13-6-2-3-7-14(13)9-11-16/h2-3,6-7,16H,5,9-11H2,1H3,(H,15,17). The maximum Gasteiger partial charge on any atom is 0.216 e. The van der Waals surface area contributed by atoms with Gasteiger partial charge in [0.15, 0.2) is 0 Å². The second-order valence-corrected chi connectivity index (χ2v) is 3.67. The number of carbonyl (C=O) groups is 1. The van der Waals surface area contributed by atoms with Gasteiger partial charge >= 0.3 is 0 Å².